The van der Waals surface area contributed by atoms with Crippen LogP contribution in [-0.2, 0) is 16.9 Å². The Kier molecular flexibility index (Phi) is 6.40. The van der Waals surface area contributed by atoms with E-state index in [1.54, 1.807) is 48.3 Å². The quantitative estimate of drug-likeness (QED) is 0.322. The second-order valence-electron chi connectivity index (χ2n) is 8.94. The van der Waals surface area contributed by atoms with Crippen LogP contribution in [0, 0.1) is 10.1 Å². The molecule has 0 aliphatic carbocycles. The molecule has 2 aliphatic rings. The summed E-state index contributed by atoms with van der Waals surface area (Å²) in [6, 6.07) is 16.9. The van der Waals surface area contributed by atoms with Gasteiger partial charge in [-0.25, -0.2) is 0 Å². The van der Waals surface area contributed by atoms with Crippen molar-refractivity contribution in [2.24, 2.45) is 0 Å². The van der Waals surface area contributed by atoms with Crippen molar-refractivity contribution in [2.45, 2.75) is 24.1 Å². The molecule has 1 fully saturated rings. The van der Waals surface area contributed by atoms with E-state index in [9.17, 15) is 14.9 Å². The van der Waals surface area contributed by atoms with Gasteiger partial charge in [0.25, 0.3) is 11.9 Å². The van der Waals surface area contributed by atoms with Crippen molar-refractivity contribution in [3.8, 4) is 11.5 Å². The van der Waals surface area contributed by atoms with Gasteiger partial charge in [-0.05, 0) is 64.4 Å². The van der Waals surface area contributed by atoms with Gasteiger partial charge in [-0.2, -0.15) is 0 Å². The maximum absolute atomic E-state index is 13.3. The summed E-state index contributed by atoms with van der Waals surface area (Å²) in [4.78, 5) is 27.3. The fourth-order valence-corrected chi connectivity index (χ4v) is 6.24. The number of anilines is 1. The van der Waals surface area contributed by atoms with Gasteiger partial charge >= 0.3 is 0 Å². The zero-order valence-corrected chi connectivity index (χ0v) is 21.9. The standard InChI is InChI=1S/C26H23BrClN3O5/c1-30-13-18(24(31(33)34)26(30)19-8-3-4-9-21(19)29-25(26)32)16-11-20(27)23(22(12-16)35-2)36-14-15-6-5-7-17(28)10-15/h3-12,18,24H,13-14H2,1-2H3,(H,29,32)/t18-,24+,26+/m0/s1. The average Bonchev–Trinajstić information content (AvgIpc) is 3.32. The lowest BCUT2D eigenvalue weighted by Gasteiger charge is -2.30. The number of carbonyl (C=O) groups excluding carboxylic acids is 1. The Balaban J connectivity index is 1.53. The highest BCUT2D eigenvalue weighted by Crippen LogP contribution is 2.53. The van der Waals surface area contributed by atoms with E-state index in [0.29, 0.717) is 44.4 Å². The van der Waals surface area contributed by atoms with Gasteiger partial charge in [0.15, 0.2) is 17.0 Å². The lowest BCUT2D eigenvalue weighted by atomic mass is 9.79. The first kappa shape index (κ1) is 24.5. The molecule has 0 radical (unpaired) electrons. The summed E-state index contributed by atoms with van der Waals surface area (Å²) >= 11 is 9.64. The largest absolute Gasteiger partial charge is 0.493 e. The number of benzene rings is 3. The molecule has 1 N–H and O–H groups in total. The van der Waals surface area contributed by atoms with E-state index in [-0.39, 0.29) is 17.4 Å². The number of rotatable bonds is 6. The summed E-state index contributed by atoms with van der Waals surface area (Å²) in [5.74, 6) is -0.0516. The van der Waals surface area contributed by atoms with Crippen LogP contribution in [0.2, 0.25) is 5.02 Å². The predicted molar refractivity (Wildman–Crippen MR) is 139 cm³/mol. The topological polar surface area (TPSA) is 93.9 Å². The molecule has 3 aromatic rings. The second kappa shape index (κ2) is 9.38. The van der Waals surface area contributed by atoms with E-state index in [1.165, 1.54) is 7.11 Å². The maximum atomic E-state index is 13.3. The predicted octanol–water partition coefficient (Wildman–Crippen LogP) is 5.21. The molecule has 5 rings (SSSR count). The molecule has 1 spiro atoms. The number of likely N-dealkylation sites (tertiary alicyclic amines) is 1. The average molecular weight is 573 g/mol. The fraction of sp³-hybridized carbons (Fsp3) is 0.269. The Bertz CT molecular complexity index is 1370. The smallest absolute Gasteiger partial charge is 0.256 e. The molecule has 8 nitrogen and oxygen atoms in total. The van der Waals surface area contributed by atoms with Gasteiger partial charge < -0.3 is 14.8 Å². The molecule has 3 aromatic carbocycles. The lowest BCUT2D eigenvalue weighted by Crippen LogP contribution is -2.54. The van der Waals surface area contributed by atoms with Crippen LogP contribution in [0.3, 0.4) is 0 Å². The number of halogens is 2. The van der Waals surface area contributed by atoms with Crippen LogP contribution in [0.15, 0.2) is 65.1 Å². The number of nitrogens with zero attached hydrogens (tertiary/aromatic N) is 2. The molecular weight excluding hydrogens is 550 g/mol. The Hall–Kier alpha value is -3.14. The lowest BCUT2D eigenvalue weighted by molar-refractivity contribution is -0.534. The van der Waals surface area contributed by atoms with Crippen LogP contribution >= 0.6 is 27.5 Å². The highest BCUT2D eigenvalue weighted by Gasteiger charge is 2.68. The number of methoxy groups -OCH3 is 1. The minimum atomic E-state index is -1.41. The van der Waals surface area contributed by atoms with Gasteiger partial charge in [-0.3, -0.25) is 19.8 Å². The highest BCUT2D eigenvalue weighted by molar-refractivity contribution is 9.10. The summed E-state index contributed by atoms with van der Waals surface area (Å²) in [6.07, 6.45) is 0. The molecule has 2 aliphatic heterocycles. The van der Waals surface area contributed by atoms with E-state index in [2.05, 4.69) is 21.2 Å². The summed E-state index contributed by atoms with van der Waals surface area (Å²) in [5.41, 5.74) is 1.38. The number of para-hydroxylation sites is 1. The Labute approximate surface area is 221 Å². The Morgan fingerprint density at radius 2 is 2.00 bits per heavy atom. The molecule has 2 heterocycles. The molecule has 186 valence electrons. The van der Waals surface area contributed by atoms with E-state index < -0.39 is 17.5 Å². The van der Waals surface area contributed by atoms with Crippen LogP contribution in [0.1, 0.15) is 22.6 Å². The Morgan fingerprint density at radius 1 is 1.22 bits per heavy atom. The number of ether oxygens (including phenoxy) is 2. The monoisotopic (exact) mass is 571 g/mol. The van der Waals surface area contributed by atoms with Crippen molar-refractivity contribution in [1.29, 1.82) is 0 Å². The maximum Gasteiger partial charge on any atom is 0.256 e. The van der Waals surface area contributed by atoms with Crippen LogP contribution in [0.4, 0.5) is 5.69 Å². The number of fused-ring (bicyclic) bond motifs is 2. The molecule has 10 heteroatoms. The van der Waals surface area contributed by atoms with E-state index >= 15 is 0 Å². The van der Waals surface area contributed by atoms with Crippen molar-refractivity contribution >= 4 is 39.1 Å². The molecule has 1 amide bonds. The molecule has 3 atom stereocenters. The van der Waals surface area contributed by atoms with Gasteiger partial charge in [0, 0.05) is 27.7 Å². The zero-order valence-electron chi connectivity index (χ0n) is 19.5. The number of amides is 1. The molecular formula is C26H23BrClN3O5. The third-order valence-corrected chi connectivity index (χ3v) is 7.82. The van der Waals surface area contributed by atoms with Gasteiger partial charge in [0.2, 0.25) is 0 Å². The summed E-state index contributed by atoms with van der Waals surface area (Å²) < 4.78 is 12.2. The van der Waals surface area contributed by atoms with E-state index in [4.69, 9.17) is 21.1 Å². The number of nitrogens with one attached hydrogen (secondary N) is 1. The summed E-state index contributed by atoms with van der Waals surface area (Å²) in [6.45, 7) is 0.574. The van der Waals surface area contributed by atoms with Crippen molar-refractivity contribution < 1.29 is 19.2 Å². The third-order valence-electron chi connectivity index (χ3n) is 6.99. The van der Waals surface area contributed by atoms with Gasteiger partial charge in [-0.1, -0.05) is 41.9 Å². The zero-order chi connectivity index (χ0) is 25.6. The second-order valence-corrected chi connectivity index (χ2v) is 10.2. The number of likely N-dealkylation sites (N-methyl/N-ethyl adjacent to an activating group) is 1. The minimum absolute atomic E-state index is 0.263. The fourth-order valence-electron chi connectivity index (χ4n) is 5.46. The number of nitro groups is 1. The van der Waals surface area contributed by atoms with Crippen LogP contribution in [-0.4, -0.2) is 42.5 Å². The summed E-state index contributed by atoms with van der Waals surface area (Å²) in [5, 5.41) is 16.0. The number of carbonyl (C=O) groups is 1. The molecule has 0 aromatic heterocycles. The van der Waals surface area contributed by atoms with Crippen LogP contribution < -0.4 is 14.8 Å². The molecule has 0 bridgehead atoms. The van der Waals surface area contributed by atoms with Gasteiger partial charge in [0.1, 0.15) is 6.61 Å². The van der Waals surface area contributed by atoms with Crippen LogP contribution in [0.25, 0.3) is 0 Å². The van der Waals surface area contributed by atoms with Crippen molar-refractivity contribution in [1.82, 2.24) is 4.90 Å². The summed E-state index contributed by atoms with van der Waals surface area (Å²) in [7, 11) is 3.28. The van der Waals surface area contributed by atoms with Gasteiger partial charge in [0.05, 0.1) is 17.5 Å². The minimum Gasteiger partial charge on any atom is -0.493 e. The van der Waals surface area contributed by atoms with E-state index in [0.717, 1.165) is 5.56 Å². The number of hydrogen-bond acceptors (Lipinski definition) is 6. The molecule has 0 unspecified atom stereocenters. The first-order chi connectivity index (χ1) is 17.3. The first-order valence-corrected chi connectivity index (χ1v) is 12.4. The molecule has 1 saturated heterocycles. The third kappa shape index (κ3) is 3.82. The molecule has 36 heavy (non-hydrogen) atoms. The Morgan fingerprint density at radius 3 is 2.72 bits per heavy atom. The van der Waals surface area contributed by atoms with E-state index in [1.807, 2.05) is 24.3 Å². The van der Waals surface area contributed by atoms with Crippen LogP contribution in [0.5, 0.6) is 11.5 Å². The molecule has 0 saturated carbocycles. The first-order valence-electron chi connectivity index (χ1n) is 11.3. The van der Waals surface area contributed by atoms with Crippen molar-refractivity contribution in [2.75, 3.05) is 26.0 Å². The van der Waals surface area contributed by atoms with Crippen molar-refractivity contribution in [3.05, 3.63) is 97.0 Å². The van der Waals surface area contributed by atoms with Gasteiger partial charge in [-0.15, -0.1) is 0 Å². The van der Waals surface area contributed by atoms with Crippen molar-refractivity contribution in [3.63, 3.8) is 0 Å². The number of hydrogen-bond donors (Lipinski definition) is 1. The SMILES string of the molecule is COc1cc([C@@H]2CN(C)[C@@]3(C(=O)Nc4ccccc43)[C@@H]2[N+](=O)[O-])cc(Br)c1OCc1cccc(Cl)c1. The highest BCUT2D eigenvalue weighted by atomic mass is 79.9. The normalized spacial score (nSPS) is 22.9.